The van der Waals surface area contributed by atoms with Crippen LogP contribution in [0.2, 0.25) is 0 Å². The molecule has 0 aromatic heterocycles. The SMILES string of the molecule is OCCC=Cc1cc(C(F)(F)F)ccc1F. The van der Waals surface area contributed by atoms with Gasteiger partial charge in [-0.2, -0.15) is 13.2 Å². The number of alkyl halides is 3. The Morgan fingerprint density at radius 2 is 1.94 bits per heavy atom. The summed E-state index contributed by atoms with van der Waals surface area (Å²) in [6.07, 6.45) is -1.57. The Balaban J connectivity index is 3.00. The van der Waals surface area contributed by atoms with Crippen LogP contribution in [0, 0.1) is 5.82 Å². The molecule has 0 fully saturated rings. The van der Waals surface area contributed by atoms with E-state index in [9.17, 15) is 17.6 Å². The molecule has 0 saturated carbocycles. The third-order valence-electron chi connectivity index (χ3n) is 1.92. The van der Waals surface area contributed by atoms with Crippen molar-refractivity contribution in [2.24, 2.45) is 0 Å². The quantitative estimate of drug-likeness (QED) is 0.796. The van der Waals surface area contributed by atoms with Crippen LogP contribution in [0.25, 0.3) is 6.08 Å². The largest absolute Gasteiger partial charge is 0.416 e. The first-order chi connectivity index (χ1) is 7.45. The Labute approximate surface area is 90.0 Å². The first-order valence-corrected chi connectivity index (χ1v) is 4.59. The lowest BCUT2D eigenvalue weighted by Crippen LogP contribution is -2.05. The van der Waals surface area contributed by atoms with E-state index in [0.717, 1.165) is 12.1 Å². The van der Waals surface area contributed by atoms with Gasteiger partial charge in [0, 0.05) is 12.2 Å². The Morgan fingerprint density at radius 1 is 1.25 bits per heavy atom. The number of benzene rings is 1. The summed E-state index contributed by atoms with van der Waals surface area (Å²) in [6.45, 7) is -0.128. The van der Waals surface area contributed by atoms with Gasteiger partial charge >= 0.3 is 6.18 Å². The second-order valence-electron chi connectivity index (χ2n) is 3.15. The summed E-state index contributed by atoms with van der Waals surface area (Å²) >= 11 is 0. The molecule has 88 valence electrons. The molecule has 0 aliphatic rings. The van der Waals surface area contributed by atoms with E-state index in [0.29, 0.717) is 6.07 Å². The summed E-state index contributed by atoms with van der Waals surface area (Å²) < 4.78 is 50.0. The highest BCUT2D eigenvalue weighted by Gasteiger charge is 2.30. The smallest absolute Gasteiger partial charge is 0.396 e. The fraction of sp³-hybridized carbons (Fsp3) is 0.273. The van der Waals surface area contributed by atoms with Gasteiger partial charge in [0.2, 0.25) is 0 Å². The summed E-state index contributed by atoms with van der Waals surface area (Å²) in [4.78, 5) is 0. The Morgan fingerprint density at radius 3 is 2.50 bits per heavy atom. The van der Waals surface area contributed by atoms with Gasteiger partial charge in [-0.15, -0.1) is 0 Å². The molecular formula is C11H10F4O. The van der Waals surface area contributed by atoms with Gasteiger partial charge in [0.05, 0.1) is 5.56 Å². The van der Waals surface area contributed by atoms with Crippen molar-refractivity contribution in [3.63, 3.8) is 0 Å². The molecule has 0 saturated heterocycles. The Kier molecular flexibility index (Phi) is 4.06. The fourth-order valence-electron chi connectivity index (χ4n) is 1.13. The summed E-state index contributed by atoms with van der Waals surface area (Å²) in [6, 6.07) is 2.21. The van der Waals surface area contributed by atoms with E-state index in [4.69, 9.17) is 5.11 Å². The van der Waals surface area contributed by atoms with Gasteiger partial charge in [0.15, 0.2) is 0 Å². The molecule has 1 rings (SSSR count). The number of rotatable bonds is 3. The Hall–Kier alpha value is -1.36. The maximum Gasteiger partial charge on any atom is 0.416 e. The number of aliphatic hydroxyl groups excluding tert-OH is 1. The lowest BCUT2D eigenvalue weighted by molar-refractivity contribution is -0.137. The second kappa shape index (κ2) is 5.12. The molecule has 1 N–H and O–H groups in total. The summed E-state index contributed by atoms with van der Waals surface area (Å²) in [7, 11) is 0. The van der Waals surface area contributed by atoms with Crippen molar-refractivity contribution >= 4 is 6.08 Å². The predicted octanol–water partition coefficient (Wildman–Crippen LogP) is 3.24. The molecule has 1 aromatic rings. The molecule has 1 aromatic carbocycles. The highest BCUT2D eigenvalue weighted by Crippen LogP contribution is 2.30. The number of hydrogen-bond acceptors (Lipinski definition) is 1. The lowest BCUT2D eigenvalue weighted by Gasteiger charge is -2.07. The van der Waals surface area contributed by atoms with Crippen LogP contribution in [0.1, 0.15) is 17.5 Å². The third-order valence-corrected chi connectivity index (χ3v) is 1.92. The van der Waals surface area contributed by atoms with Crippen LogP contribution in [-0.4, -0.2) is 11.7 Å². The summed E-state index contributed by atoms with van der Waals surface area (Å²) in [5.41, 5.74) is -1.03. The zero-order valence-corrected chi connectivity index (χ0v) is 8.26. The average molecular weight is 234 g/mol. The topological polar surface area (TPSA) is 20.2 Å². The van der Waals surface area contributed by atoms with E-state index in [2.05, 4.69) is 0 Å². The summed E-state index contributed by atoms with van der Waals surface area (Å²) in [5.74, 6) is -0.720. The van der Waals surface area contributed by atoms with E-state index in [1.807, 2.05) is 0 Å². The summed E-state index contributed by atoms with van der Waals surface area (Å²) in [5, 5.41) is 8.47. The molecule has 0 heterocycles. The van der Waals surface area contributed by atoms with Crippen LogP contribution in [0.4, 0.5) is 17.6 Å². The van der Waals surface area contributed by atoms with Crippen LogP contribution >= 0.6 is 0 Å². The van der Waals surface area contributed by atoms with E-state index in [1.165, 1.54) is 12.2 Å². The van der Waals surface area contributed by atoms with E-state index in [-0.39, 0.29) is 18.6 Å². The molecule has 0 atom stereocenters. The molecule has 0 aliphatic heterocycles. The van der Waals surface area contributed by atoms with Gasteiger partial charge in [-0.05, 0) is 24.6 Å². The van der Waals surface area contributed by atoms with E-state index in [1.54, 1.807) is 0 Å². The average Bonchev–Trinajstić information content (AvgIpc) is 2.19. The minimum Gasteiger partial charge on any atom is -0.396 e. The van der Waals surface area contributed by atoms with Crippen molar-refractivity contribution in [1.82, 2.24) is 0 Å². The molecule has 0 amide bonds. The molecule has 0 radical (unpaired) electrons. The van der Waals surface area contributed by atoms with Crippen molar-refractivity contribution in [3.8, 4) is 0 Å². The van der Waals surface area contributed by atoms with Crippen molar-refractivity contribution in [2.45, 2.75) is 12.6 Å². The number of halogens is 4. The van der Waals surface area contributed by atoms with Gasteiger partial charge in [-0.3, -0.25) is 0 Å². The van der Waals surface area contributed by atoms with Gasteiger partial charge in [0.1, 0.15) is 5.82 Å². The minimum atomic E-state index is -4.48. The maximum atomic E-state index is 13.1. The fourth-order valence-corrected chi connectivity index (χ4v) is 1.13. The van der Waals surface area contributed by atoms with Crippen LogP contribution in [-0.2, 0) is 6.18 Å². The zero-order valence-electron chi connectivity index (χ0n) is 8.26. The van der Waals surface area contributed by atoms with Crippen molar-refractivity contribution in [2.75, 3.05) is 6.61 Å². The van der Waals surface area contributed by atoms with E-state index < -0.39 is 17.6 Å². The number of hydrogen-bond donors (Lipinski definition) is 1. The first kappa shape index (κ1) is 12.7. The van der Waals surface area contributed by atoms with Crippen molar-refractivity contribution < 1.29 is 22.7 Å². The molecular weight excluding hydrogens is 224 g/mol. The third kappa shape index (κ3) is 3.34. The maximum absolute atomic E-state index is 13.1. The van der Waals surface area contributed by atoms with Gasteiger partial charge in [-0.25, -0.2) is 4.39 Å². The highest BCUT2D eigenvalue weighted by atomic mass is 19.4. The Bertz CT molecular complexity index is 382. The molecule has 5 heteroatoms. The minimum absolute atomic E-state index is 0.128. The molecule has 0 aliphatic carbocycles. The molecule has 0 unspecified atom stereocenters. The highest BCUT2D eigenvalue weighted by molar-refractivity contribution is 5.51. The monoisotopic (exact) mass is 234 g/mol. The van der Waals surface area contributed by atoms with Crippen LogP contribution < -0.4 is 0 Å². The van der Waals surface area contributed by atoms with Gasteiger partial charge < -0.3 is 5.11 Å². The molecule has 1 nitrogen and oxygen atoms in total. The second-order valence-corrected chi connectivity index (χ2v) is 3.15. The molecule has 16 heavy (non-hydrogen) atoms. The van der Waals surface area contributed by atoms with Crippen molar-refractivity contribution in [1.29, 1.82) is 0 Å². The first-order valence-electron chi connectivity index (χ1n) is 4.59. The van der Waals surface area contributed by atoms with Crippen LogP contribution in [0.3, 0.4) is 0 Å². The normalized spacial score (nSPS) is 12.3. The zero-order chi connectivity index (χ0) is 12.2. The van der Waals surface area contributed by atoms with Gasteiger partial charge in [0.25, 0.3) is 0 Å². The number of aliphatic hydroxyl groups is 1. The lowest BCUT2D eigenvalue weighted by atomic mass is 10.1. The predicted molar refractivity (Wildman–Crippen MR) is 52.1 cm³/mol. The van der Waals surface area contributed by atoms with Crippen LogP contribution in [0.15, 0.2) is 24.3 Å². The standard InChI is InChI=1S/C11H10F4O/c12-10-5-4-9(11(13,14)15)7-8(10)3-1-2-6-16/h1,3-5,7,16H,2,6H2. The van der Waals surface area contributed by atoms with Gasteiger partial charge in [-0.1, -0.05) is 12.2 Å². The molecule has 0 bridgehead atoms. The van der Waals surface area contributed by atoms with E-state index >= 15 is 0 Å². The molecule has 0 spiro atoms. The van der Waals surface area contributed by atoms with Crippen molar-refractivity contribution in [3.05, 3.63) is 41.2 Å². The van der Waals surface area contributed by atoms with Crippen LogP contribution in [0.5, 0.6) is 0 Å².